The minimum atomic E-state index is -0.289. The fourth-order valence-corrected chi connectivity index (χ4v) is 4.55. The van der Waals surface area contributed by atoms with E-state index in [0.29, 0.717) is 46.3 Å². The van der Waals surface area contributed by atoms with E-state index in [2.05, 4.69) is 20.4 Å². The number of ketones is 1. The number of hydrogen-bond donors (Lipinski definition) is 1. The quantitative estimate of drug-likeness (QED) is 0.512. The van der Waals surface area contributed by atoms with Gasteiger partial charge < -0.3 is 19.5 Å². The molecule has 2 aromatic carbocycles. The minimum absolute atomic E-state index is 0.000852. The number of piperidine rings is 1. The van der Waals surface area contributed by atoms with Gasteiger partial charge in [-0.15, -0.1) is 0 Å². The summed E-state index contributed by atoms with van der Waals surface area (Å²) in [6.45, 7) is 4.28. The summed E-state index contributed by atoms with van der Waals surface area (Å²) >= 11 is 0. The smallest absolute Gasteiger partial charge is 0.262 e. The van der Waals surface area contributed by atoms with E-state index in [1.54, 1.807) is 37.3 Å². The molecule has 0 bridgehead atoms. The average molecular weight is 479 g/mol. The lowest BCUT2D eigenvalue weighted by atomic mass is 9.88. The molecule has 5 rings (SSSR count). The van der Waals surface area contributed by atoms with E-state index in [0.717, 1.165) is 38.9 Å². The molecule has 182 valence electrons. The maximum Gasteiger partial charge on any atom is 0.262 e. The molecule has 1 aromatic heterocycles. The Morgan fingerprint density at radius 2 is 2.03 bits per heavy atom. The molecule has 0 spiro atoms. The molecule has 0 unspecified atom stereocenters. The fourth-order valence-electron chi connectivity index (χ4n) is 4.55. The van der Waals surface area contributed by atoms with E-state index < -0.39 is 0 Å². The lowest BCUT2D eigenvalue weighted by Gasteiger charge is -2.31. The molecule has 0 saturated carbocycles. The number of hydrogen-bond acceptors (Lipinski definition) is 7. The van der Waals surface area contributed by atoms with Gasteiger partial charge in [-0.3, -0.25) is 9.59 Å². The summed E-state index contributed by atoms with van der Waals surface area (Å²) in [6, 6.07) is 10.1. The van der Waals surface area contributed by atoms with Gasteiger partial charge in [0.25, 0.3) is 5.91 Å². The van der Waals surface area contributed by atoms with Crippen LogP contribution in [0.25, 0.3) is 11.4 Å². The van der Waals surface area contributed by atoms with Crippen molar-refractivity contribution in [2.75, 3.05) is 31.6 Å². The van der Waals surface area contributed by atoms with Crippen molar-refractivity contribution < 1.29 is 23.2 Å². The molecule has 0 radical (unpaired) electrons. The third kappa shape index (κ3) is 5.24. The molecule has 0 atom stereocenters. The van der Waals surface area contributed by atoms with Gasteiger partial charge >= 0.3 is 0 Å². The zero-order chi connectivity index (χ0) is 24.4. The van der Waals surface area contributed by atoms with E-state index in [9.17, 15) is 14.0 Å². The maximum atomic E-state index is 13.8. The Morgan fingerprint density at radius 1 is 1.20 bits per heavy atom. The summed E-state index contributed by atoms with van der Waals surface area (Å²) in [5.41, 5.74) is 2.34. The average Bonchev–Trinajstić information content (AvgIpc) is 3.34. The van der Waals surface area contributed by atoms with Gasteiger partial charge in [0.1, 0.15) is 11.6 Å². The standard InChI is InChI=1S/C26H27FN4O4/c1-16-4-5-19(13-20(16)27)26-29-24(35-30-26)3-2-10-31-11-8-17(9-12-31)25(33)18-6-7-22-21(14-18)28-23(32)15-34-22/h4-7,13-14,17H,2-3,8-12,15H2,1H3,(H,28,32). The van der Waals surface area contributed by atoms with Crippen LogP contribution >= 0.6 is 0 Å². The van der Waals surface area contributed by atoms with E-state index in [-0.39, 0.29) is 30.0 Å². The number of nitrogens with one attached hydrogen (secondary N) is 1. The summed E-state index contributed by atoms with van der Waals surface area (Å²) in [6.07, 6.45) is 3.08. The number of nitrogens with zero attached hydrogens (tertiary/aromatic N) is 3. The summed E-state index contributed by atoms with van der Waals surface area (Å²) in [4.78, 5) is 31.3. The Kier molecular flexibility index (Phi) is 6.59. The number of rotatable bonds is 7. The van der Waals surface area contributed by atoms with Gasteiger partial charge in [0, 0.05) is 23.5 Å². The molecule has 2 aliphatic rings. The second kappa shape index (κ2) is 9.95. The first-order valence-corrected chi connectivity index (χ1v) is 11.9. The lowest BCUT2D eigenvalue weighted by molar-refractivity contribution is -0.118. The predicted molar refractivity (Wildman–Crippen MR) is 127 cm³/mol. The molecule has 35 heavy (non-hydrogen) atoms. The first-order chi connectivity index (χ1) is 17.0. The minimum Gasteiger partial charge on any atom is -0.482 e. The zero-order valence-corrected chi connectivity index (χ0v) is 19.6. The van der Waals surface area contributed by atoms with Gasteiger partial charge in [-0.1, -0.05) is 17.3 Å². The Balaban J connectivity index is 1.09. The van der Waals surface area contributed by atoms with Gasteiger partial charge in [-0.25, -0.2) is 4.39 Å². The molecule has 1 saturated heterocycles. The molecule has 9 heteroatoms. The SMILES string of the molecule is Cc1ccc(-c2noc(CCCN3CCC(C(=O)c4ccc5c(c4)NC(=O)CO5)CC3)n2)cc1F. The number of carbonyl (C=O) groups excluding carboxylic acids is 2. The molecule has 2 aliphatic heterocycles. The van der Waals surface area contributed by atoms with Crippen molar-refractivity contribution in [1.82, 2.24) is 15.0 Å². The Labute approximate surface area is 202 Å². The molecular formula is C26H27FN4O4. The van der Waals surface area contributed by atoms with E-state index in [4.69, 9.17) is 9.26 Å². The van der Waals surface area contributed by atoms with Crippen LogP contribution in [0.5, 0.6) is 5.75 Å². The van der Waals surface area contributed by atoms with Crippen LogP contribution in [0.3, 0.4) is 0 Å². The number of ether oxygens (including phenoxy) is 1. The molecule has 3 heterocycles. The number of benzene rings is 2. The van der Waals surface area contributed by atoms with E-state index in [1.165, 1.54) is 6.07 Å². The van der Waals surface area contributed by atoms with Crippen molar-refractivity contribution in [2.24, 2.45) is 5.92 Å². The topological polar surface area (TPSA) is 97.6 Å². The lowest BCUT2D eigenvalue weighted by Crippen LogP contribution is -2.37. The molecule has 1 amide bonds. The highest BCUT2D eigenvalue weighted by molar-refractivity contribution is 6.01. The molecular weight excluding hydrogens is 451 g/mol. The summed E-state index contributed by atoms with van der Waals surface area (Å²) in [5.74, 6) is 1.10. The van der Waals surface area contributed by atoms with Crippen molar-refractivity contribution >= 4 is 17.4 Å². The van der Waals surface area contributed by atoms with Crippen molar-refractivity contribution in [1.29, 1.82) is 0 Å². The van der Waals surface area contributed by atoms with Crippen LogP contribution in [0, 0.1) is 18.7 Å². The van der Waals surface area contributed by atoms with Crippen LogP contribution in [-0.4, -0.2) is 53.0 Å². The van der Waals surface area contributed by atoms with Gasteiger partial charge in [0.15, 0.2) is 12.4 Å². The van der Waals surface area contributed by atoms with Crippen LogP contribution in [0.15, 0.2) is 40.9 Å². The van der Waals surface area contributed by atoms with Gasteiger partial charge in [0.05, 0.1) is 5.69 Å². The van der Waals surface area contributed by atoms with Crippen LogP contribution in [-0.2, 0) is 11.2 Å². The number of amides is 1. The summed E-state index contributed by atoms with van der Waals surface area (Å²) < 4.78 is 24.5. The zero-order valence-electron chi connectivity index (χ0n) is 19.6. The largest absolute Gasteiger partial charge is 0.482 e. The van der Waals surface area contributed by atoms with Crippen molar-refractivity contribution in [3.63, 3.8) is 0 Å². The monoisotopic (exact) mass is 478 g/mol. The third-order valence-electron chi connectivity index (χ3n) is 6.62. The molecule has 1 fully saturated rings. The number of carbonyl (C=O) groups is 2. The second-order valence-electron chi connectivity index (χ2n) is 9.11. The van der Waals surface area contributed by atoms with Crippen molar-refractivity contribution in [2.45, 2.75) is 32.6 Å². The summed E-state index contributed by atoms with van der Waals surface area (Å²) in [7, 11) is 0. The van der Waals surface area contributed by atoms with Crippen molar-refractivity contribution in [3.05, 3.63) is 59.2 Å². The number of halogens is 1. The maximum absolute atomic E-state index is 13.8. The first kappa shape index (κ1) is 23.2. The molecule has 1 N–H and O–H groups in total. The number of likely N-dealkylation sites (tertiary alicyclic amines) is 1. The van der Waals surface area contributed by atoms with Crippen LogP contribution in [0.4, 0.5) is 10.1 Å². The molecule has 0 aliphatic carbocycles. The predicted octanol–water partition coefficient (Wildman–Crippen LogP) is 4.04. The molecule has 3 aromatic rings. The van der Waals surface area contributed by atoms with E-state index in [1.807, 2.05) is 0 Å². The summed E-state index contributed by atoms with van der Waals surface area (Å²) in [5, 5.41) is 6.74. The van der Waals surface area contributed by atoms with Gasteiger partial charge in [-0.05, 0) is 75.6 Å². The number of aryl methyl sites for hydroxylation is 2. The van der Waals surface area contributed by atoms with E-state index >= 15 is 0 Å². The van der Waals surface area contributed by atoms with Gasteiger partial charge in [-0.2, -0.15) is 4.98 Å². The Morgan fingerprint density at radius 3 is 2.83 bits per heavy atom. The van der Waals surface area contributed by atoms with Crippen molar-refractivity contribution in [3.8, 4) is 17.1 Å². The van der Waals surface area contributed by atoms with Crippen LogP contribution in [0.2, 0.25) is 0 Å². The highest BCUT2D eigenvalue weighted by Gasteiger charge is 2.27. The number of anilines is 1. The highest BCUT2D eigenvalue weighted by Crippen LogP contribution is 2.31. The number of fused-ring (bicyclic) bond motifs is 1. The van der Waals surface area contributed by atoms with Gasteiger partial charge in [0.2, 0.25) is 11.7 Å². The second-order valence-corrected chi connectivity index (χ2v) is 9.11. The first-order valence-electron chi connectivity index (χ1n) is 11.9. The Hall–Kier alpha value is -3.59. The number of Topliss-reactive ketones (excluding diaryl/α,β-unsaturated/α-hetero) is 1. The van der Waals surface area contributed by atoms with Crippen LogP contribution in [0.1, 0.15) is 41.1 Å². The fraction of sp³-hybridized carbons (Fsp3) is 0.385. The Bertz CT molecular complexity index is 1250. The third-order valence-corrected chi connectivity index (χ3v) is 6.62. The molecule has 8 nitrogen and oxygen atoms in total. The highest BCUT2D eigenvalue weighted by atomic mass is 19.1. The number of aromatic nitrogens is 2. The normalized spacial score (nSPS) is 16.5. The van der Waals surface area contributed by atoms with Crippen LogP contribution < -0.4 is 10.1 Å².